The number of rotatable bonds is 4. The fourth-order valence-electron chi connectivity index (χ4n) is 2.65. The molecule has 1 aliphatic rings. The Morgan fingerprint density at radius 3 is 2.52 bits per heavy atom. The molecule has 3 rings (SSSR count). The van der Waals surface area contributed by atoms with E-state index in [1.807, 2.05) is 30.0 Å². The first kappa shape index (κ1) is 21.6. The highest BCUT2D eigenvalue weighted by Gasteiger charge is 2.11. The predicted molar refractivity (Wildman–Crippen MR) is 112 cm³/mol. The van der Waals surface area contributed by atoms with Crippen molar-refractivity contribution in [3.63, 3.8) is 0 Å². The summed E-state index contributed by atoms with van der Waals surface area (Å²) < 4.78 is 0. The number of hydrogen-bond acceptors (Lipinski definition) is 4. The van der Waals surface area contributed by atoms with Crippen molar-refractivity contribution in [2.75, 3.05) is 35.6 Å². The standard InChI is InChI=1S/C18H21N3OS.2ClH/c19-16-5-2-4-15(12-16)18(22)20-17-6-1-3-14(11-17)13-21-7-9-23-10-8-21;;/h1-6,11-12H,7-10,13,19H2,(H,20,22);2*1H. The molecule has 0 spiro atoms. The van der Waals surface area contributed by atoms with Crippen LogP contribution in [0.1, 0.15) is 15.9 Å². The van der Waals surface area contributed by atoms with Gasteiger partial charge in [-0.25, -0.2) is 0 Å². The van der Waals surface area contributed by atoms with Crippen molar-refractivity contribution in [2.24, 2.45) is 0 Å². The molecule has 0 atom stereocenters. The van der Waals surface area contributed by atoms with Crippen molar-refractivity contribution < 1.29 is 4.79 Å². The van der Waals surface area contributed by atoms with Gasteiger partial charge in [-0.3, -0.25) is 9.69 Å². The fourth-order valence-corrected chi connectivity index (χ4v) is 3.63. The second-order valence-corrected chi connectivity index (χ2v) is 6.89. The number of amides is 1. The van der Waals surface area contributed by atoms with Gasteiger partial charge in [0.05, 0.1) is 0 Å². The molecule has 0 aromatic heterocycles. The second kappa shape index (κ2) is 10.6. The summed E-state index contributed by atoms with van der Waals surface area (Å²) in [5, 5.41) is 2.95. The van der Waals surface area contributed by atoms with Gasteiger partial charge < -0.3 is 11.1 Å². The number of carbonyl (C=O) groups is 1. The summed E-state index contributed by atoms with van der Waals surface area (Å²) in [6.45, 7) is 3.19. The molecule has 4 nitrogen and oxygen atoms in total. The third-order valence-electron chi connectivity index (χ3n) is 3.84. The van der Waals surface area contributed by atoms with Crippen molar-refractivity contribution >= 4 is 53.9 Å². The zero-order valence-electron chi connectivity index (χ0n) is 13.8. The smallest absolute Gasteiger partial charge is 0.255 e. The lowest BCUT2D eigenvalue weighted by Crippen LogP contribution is -2.31. The number of halogens is 2. The van der Waals surface area contributed by atoms with Crippen LogP contribution in [0.3, 0.4) is 0 Å². The maximum absolute atomic E-state index is 12.3. The minimum Gasteiger partial charge on any atom is -0.399 e. The van der Waals surface area contributed by atoms with Crippen LogP contribution in [0.15, 0.2) is 48.5 Å². The third-order valence-corrected chi connectivity index (χ3v) is 4.79. The van der Waals surface area contributed by atoms with E-state index in [9.17, 15) is 4.79 Å². The molecule has 0 saturated carbocycles. The van der Waals surface area contributed by atoms with Crippen LogP contribution in [0.4, 0.5) is 11.4 Å². The van der Waals surface area contributed by atoms with Crippen molar-refractivity contribution in [3.8, 4) is 0 Å². The van der Waals surface area contributed by atoms with Gasteiger partial charge in [-0.05, 0) is 35.9 Å². The van der Waals surface area contributed by atoms with Crippen molar-refractivity contribution in [1.29, 1.82) is 0 Å². The van der Waals surface area contributed by atoms with E-state index >= 15 is 0 Å². The second-order valence-electron chi connectivity index (χ2n) is 5.67. The van der Waals surface area contributed by atoms with E-state index in [1.54, 1.807) is 24.3 Å². The molecule has 0 bridgehead atoms. The molecule has 1 heterocycles. The minimum atomic E-state index is -0.135. The number of nitrogens with two attached hydrogens (primary N) is 1. The zero-order chi connectivity index (χ0) is 16.1. The van der Waals surface area contributed by atoms with Gasteiger partial charge in [0.15, 0.2) is 0 Å². The van der Waals surface area contributed by atoms with E-state index < -0.39 is 0 Å². The summed E-state index contributed by atoms with van der Waals surface area (Å²) in [7, 11) is 0. The molecule has 25 heavy (non-hydrogen) atoms. The van der Waals surface area contributed by atoms with Gasteiger partial charge in [0.25, 0.3) is 5.91 Å². The average Bonchev–Trinajstić information content (AvgIpc) is 2.56. The summed E-state index contributed by atoms with van der Waals surface area (Å²) in [6, 6.07) is 15.1. The predicted octanol–water partition coefficient (Wildman–Crippen LogP) is 3.91. The molecule has 0 unspecified atom stereocenters. The Kier molecular flexibility index (Phi) is 9.14. The van der Waals surface area contributed by atoms with Gasteiger partial charge in [-0.1, -0.05) is 18.2 Å². The average molecular weight is 400 g/mol. The lowest BCUT2D eigenvalue weighted by Gasteiger charge is -2.26. The topological polar surface area (TPSA) is 58.4 Å². The number of carbonyl (C=O) groups excluding carboxylic acids is 1. The molecule has 2 aromatic carbocycles. The molecule has 3 N–H and O–H groups in total. The Labute approximate surface area is 165 Å². The monoisotopic (exact) mass is 399 g/mol. The number of anilines is 2. The van der Waals surface area contributed by atoms with Crippen LogP contribution in [0.25, 0.3) is 0 Å². The van der Waals surface area contributed by atoms with Crippen LogP contribution in [-0.4, -0.2) is 35.4 Å². The van der Waals surface area contributed by atoms with Crippen LogP contribution >= 0.6 is 36.6 Å². The summed E-state index contributed by atoms with van der Waals surface area (Å²) in [5.41, 5.74) is 8.94. The SMILES string of the molecule is Cl.Cl.Nc1cccc(C(=O)Nc2cccc(CN3CCSCC3)c2)c1. The normalized spacial score (nSPS) is 14.1. The molecular formula is C18H23Cl2N3OS. The Morgan fingerprint density at radius 1 is 1.08 bits per heavy atom. The molecule has 1 fully saturated rings. The van der Waals surface area contributed by atoms with Gasteiger partial charge in [0.1, 0.15) is 0 Å². The Hall–Kier alpha value is -1.40. The summed E-state index contributed by atoms with van der Waals surface area (Å²) in [5.74, 6) is 2.27. The fraction of sp³-hybridized carbons (Fsp3) is 0.278. The van der Waals surface area contributed by atoms with Crippen molar-refractivity contribution in [2.45, 2.75) is 6.54 Å². The molecule has 1 amide bonds. The number of nitrogens with zero attached hydrogens (tertiary/aromatic N) is 1. The molecule has 1 saturated heterocycles. The largest absolute Gasteiger partial charge is 0.399 e. The summed E-state index contributed by atoms with van der Waals surface area (Å²) in [6.07, 6.45) is 0. The molecule has 0 radical (unpaired) electrons. The Bertz CT molecular complexity index is 694. The maximum Gasteiger partial charge on any atom is 0.255 e. The molecule has 1 aliphatic heterocycles. The lowest BCUT2D eigenvalue weighted by molar-refractivity contribution is 0.102. The highest BCUT2D eigenvalue weighted by Crippen LogP contribution is 2.17. The first-order valence-corrected chi connectivity index (χ1v) is 8.92. The number of thioether (sulfide) groups is 1. The number of hydrogen-bond donors (Lipinski definition) is 2. The van der Waals surface area contributed by atoms with E-state index in [-0.39, 0.29) is 30.7 Å². The Morgan fingerprint density at radius 2 is 1.80 bits per heavy atom. The molecule has 2 aromatic rings. The van der Waals surface area contributed by atoms with Gasteiger partial charge in [-0.2, -0.15) is 11.8 Å². The first-order valence-electron chi connectivity index (χ1n) is 7.77. The summed E-state index contributed by atoms with van der Waals surface area (Å²) in [4.78, 5) is 14.7. The zero-order valence-corrected chi connectivity index (χ0v) is 16.3. The van der Waals surface area contributed by atoms with Crippen LogP contribution in [-0.2, 0) is 6.54 Å². The third kappa shape index (κ3) is 6.44. The number of benzene rings is 2. The highest BCUT2D eigenvalue weighted by molar-refractivity contribution is 7.99. The highest BCUT2D eigenvalue weighted by atomic mass is 35.5. The maximum atomic E-state index is 12.3. The van der Waals surface area contributed by atoms with E-state index in [4.69, 9.17) is 5.73 Å². The van der Waals surface area contributed by atoms with E-state index in [0.717, 1.165) is 25.3 Å². The van der Waals surface area contributed by atoms with Crippen LogP contribution in [0.2, 0.25) is 0 Å². The van der Waals surface area contributed by atoms with Crippen molar-refractivity contribution in [3.05, 3.63) is 59.7 Å². The Balaban J connectivity index is 0.00000156. The summed E-state index contributed by atoms with van der Waals surface area (Å²) >= 11 is 2.01. The first-order chi connectivity index (χ1) is 11.2. The van der Waals surface area contributed by atoms with Crippen LogP contribution in [0.5, 0.6) is 0 Å². The number of nitrogen functional groups attached to an aromatic ring is 1. The minimum absolute atomic E-state index is 0. The van der Waals surface area contributed by atoms with Crippen LogP contribution in [0, 0.1) is 0 Å². The van der Waals surface area contributed by atoms with E-state index in [2.05, 4.69) is 16.3 Å². The van der Waals surface area contributed by atoms with E-state index in [0.29, 0.717) is 11.3 Å². The van der Waals surface area contributed by atoms with E-state index in [1.165, 1.54) is 17.1 Å². The number of nitrogens with one attached hydrogen (secondary N) is 1. The quantitative estimate of drug-likeness (QED) is 0.764. The van der Waals surface area contributed by atoms with Crippen LogP contribution < -0.4 is 11.1 Å². The molecule has 136 valence electrons. The van der Waals surface area contributed by atoms with Gasteiger partial charge >= 0.3 is 0 Å². The molecular weight excluding hydrogens is 377 g/mol. The molecule has 0 aliphatic carbocycles. The lowest BCUT2D eigenvalue weighted by atomic mass is 10.1. The van der Waals surface area contributed by atoms with Gasteiger partial charge in [0, 0.05) is 48.1 Å². The molecule has 7 heteroatoms. The van der Waals surface area contributed by atoms with Crippen molar-refractivity contribution in [1.82, 2.24) is 4.90 Å². The van der Waals surface area contributed by atoms with Gasteiger partial charge in [0.2, 0.25) is 0 Å². The van der Waals surface area contributed by atoms with Gasteiger partial charge in [-0.15, -0.1) is 24.8 Å².